The van der Waals surface area contributed by atoms with Gasteiger partial charge in [0.2, 0.25) is 5.60 Å². The predicted molar refractivity (Wildman–Crippen MR) is 84.5 cm³/mol. The summed E-state index contributed by atoms with van der Waals surface area (Å²) in [6.45, 7) is 2.07. The maximum Gasteiger partial charge on any atom is 0.248 e. The highest BCUT2D eigenvalue weighted by atomic mass is 28.2. The number of methoxy groups -OCH3 is 3. The fourth-order valence-electron chi connectivity index (χ4n) is 2.25. The Morgan fingerprint density at radius 1 is 1.05 bits per heavy atom. The molecule has 0 unspecified atom stereocenters. The standard InChI is InChI=1S/C15H27NO3Si/c1-16(13-14-9-6-5-7-10-14)11-8-12-20-15(17-2,18-3)19-4/h5-7,9-10H,8,11-13,20H2,1-4H3. The summed E-state index contributed by atoms with van der Waals surface area (Å²) in [6, 6.07) is 11.7. The minimum atomic E-state index is -0.752. The van der Waals surface area contributed by atoms with Gasteiger partial charge in [-0.05, 0) is 25.6 Å². The van der Waals surface area contributed by atoms with Gasteiger partial charge in [-0.3, -0.25) is 0 Å². The molecule has 114 valence electrons. The van der Waals surface area contributed by atoms with E-state index in [1.165, 1.54) is 5.56 Å². The average Bonchev–Trinajstić information content (AvgIpc) is 2.49. The summed E-state index contributed by atoms with van der Waals surface area (Å²) >= 11 is 0. The summed E-state index contributed by atoms with van der Waals surface area (Å²) in [6.07, 6.45) is 1.15. The number of nitrogens with zero attached hydrogens (tertiary/aromatic N) is 1. The van der Waals surface area contributed by atoms with Crippen LogP contribution in [0.5, 0.6) is 0 Å². The maximum absolute atomic E-state index is 5.34. The first-order valence-corrected chi connectivity index (χ1v) is 8.74. The SMILES string of the molecule is COC(OC)(OC)[SiH2]CCCN(C)Cc1ccccc1. The van der Waals surface area contributed by atoms with Crippen LogP contribution in [0.4, 0.5) is 0 Å². The van der Waals surface area contributed by atoms with Gasteiger partial charge in [0.25, 0.3) is 0 Å². The van der Waals surface area contributed by atoms with Gasteiger partial charge in [0.1, 0.15) is 9.52 Å². The van der Waals surface area contributed by atoms with Crippen molar-refractivity contribution >= 4 is 9.52 Å². The number of hydrogen-bond acceptors (Lipinski definition) is 4. The van der Waals surface area contributed by atoms with Crippen molar-refractivity contribution in [2.24, 2.45) is 0 Å². The Kier molecular flexibility index (Phi) is 8.02. The van der Waals surface area contributed by atoms with Crippen LogP contribution in [0.1, 0.15) is 12.0 Å². The molecule has 0 aliphatic rings. The lowest BCUT2D eigenvalue weighted by Gasteiger charge is -2.29. The van der Waals surface area contributed by atoms with E-state index < -0.39 is 15.1 Å². The number of hydrogen-bond donors (Lipinski definition) is 0. The highest BCUT2D eigenvalue weighted by molar-refractivity contribution is 6.38. The van der Waals surface area contributed by atoms with E-state index >= 15 is 0 Å². The van der Waals surface area contributed by atoms with E-state index in [-0.39, 0.29) is 0 Å². The second-order valence-electron chi connectivity index (χ2n) is 4.98. The van der Waals surface area contributed by atoms with Gasteiger partial charge in [-0.2, -0.15) is 0 Å². The van der Waals surface area contributed by atoms with Gasteiger partial charge < -0.3 is 19.1 Å². The molecule has 0 spiro atoms. The van der Waals surface area contributed by atoms with Crippen LogP contribution in [0.2, 0.25) is 6.04 Å². The third-order valence-corrected chi connectivity index (χ3v) is 5.83. The van der Waals surface area contributed by atoms with Crippen LogP contribution < -0.4 is 0 Å². The molecule has 0 aromatic heterocycles. The largest absolute Gasteiger partial charge is 0.335 e. The molecule has 0 fully saturated rings. The minimum absolute atomic E-state index is 0.588. The van der Waals surface area contributed by atoms with Gasteiger partial charge in [0.15, 0.2) is 0 Å². The molecule has 0 radical (unpaired) electrons. The molecule has 1 rings (SSSR count). The molecular weight excluding hydrogens is 270 g/mol. The van der Waals surface area contributed by atoms with Crippen LogP contribution in [-0.4, -0.2) is 54.9 Å². The van der Waals surface area contributed by atoms with E-state index in [9.17, 15) is 0 Å². The van der Waals surface area contributed by atoms with Crippen molar-refractivity contribution in [3.05, 3.63) is 35.9 Å². The third-order valence-electron chi connectivity index (χ3n) is 3.50. The molecule has 0 N–H and O–H groups in total. The van der Waals surface area contributed by atoms with Crippen LogP contribution >= 0.6 is 0 Å². The van der Waals surface area contributed by atoms with E-state index in [1.807, 2.05) is 0 Å². The lowest BCUT2D eigenvalue weighted by molar-refractivity contribution is -0.294. The van der Waals surface area contributed by atoms with Crippen molar-refractivity contribution in [1.82, 2.24) is 4.90 Å². The van der Waals surface area contributed by atoms with Crippen LogP contribution in [0.3, 0.4) is 0 Å². The first-order chi connectivity index (χ1) is 9.65. The zero-order valence-electron chi connectivity index (χ0n) is 13.1. The van der Waals surface area contributed by atoms with Crippen molar-refractivity contribution in [2.75, 3.05) is 34.9 Å². The number of ether oxygens (including phenoxy) is 3. The topological polar surface area (TPSA) is 30.9 Å². The van der Waals surface area contributed by atoms with E-state index in [2.05, 4.69) is 42.3 Å². The summed E-state index contributed by atoms with van der Waals surface area (Å²) < 4.78 is 16.0. The van der Waals surface area contributed by atoms with Gasteiger partial charge in [0, 0.05) is 27.9 Å². The summed E-state index contributed by atoms with van der Waals surface area (Å²) in [5, 5.41) is 0. The predicted octanol–water partition coefficient (Wildman–Crippen LogP) is 1.65. The average molecular weight is 297 g/mol. The fraction of sp³-hybridized carbons (Fsp3) is 0.600. The minimum Gasteiger partial charge on any atom is -0.335 e. The van der Waals surface area contributed by atoms with Crippen molar-refractivity contribution in [3.63, 3.8) is 0 Å². The zero-order valence-corrected chi connectivity index (χ0v) is 14.5. The highest BCUT2D eigenvalue weighted by Gasteiger charge is 2.28. The summed E-state index contributed by atoms with van der Waals surface area (Å²) in [5.74, 6) is 0. The van der Waals surface area contributed by atoms with Crippen LogP contribution in [0.25, 0.3) is 0 Å². The molecule has 0 aliphatic carbocycles. The number of rotatable bonds is 10. The Morgan fingerprint density at radius 3 is 2.20 bits per heavy atom. The molecule has 0 saturated carbocycles. The van der Waals surface area contributed by atoms with Gasteiger partial charge in [0.05, 0.1) is 0 Å². The van der Waals surface area contributed by atoms with Crippen molar-refractivity contribution in [2.45, 2.75) is 24.6 Å². The highest BCUT2D eigenvalue weighted by Crippen LogP contribution is 2.13. The van der Waals surface area contributed by atoms with Gasteiger partial charge in [-0.15, -0.1) is 0 Å². The van der Waals surface area contributed by atoms with E-state index in [0.717, 1.165) is 25.6 Å². The Hall–Kier alpha value is -0.723. The molecule has 5 heteroatoms. The molecule has 1 aromatic carbocycles. The molecular formula is C15H27NO3Si. The molecule has 0 saturated heterocycles. The Labute approximate surface area is 124 Å². The van der Waals surface area contributed by atoms with Crippen molar-refractivity contribution in [3.8, 4) is 0 Å². The second-order valence-corrected chi connectivity index (χ2v) is 7.05. The Balaban J connectivity index is 2.23. The molecule has 0 atom stereocenters. The van der Waals surface area contributed by atoms with E-state index in [1.54, 1.807) is 21.3 Å². The van der Waals surface area contributed by atoms with Gasteiger partial charge in [-0.25, -0.2) is 0 Å². The normalized spacial score (nSPS) is 12.7. The first-order valence-electron chi connectivity index (χ1n) is 7.03. The molecule has 20 heavy (non-hydrogen) atoms. The van der Waals surface area contributed by atoms with E-state index in [4.69, 9.17) is 14.2 Å². The van der Waals surface area contributed by atoms with Gasteiger partial charge >= 0.3 is 0 Å². The number of benzene rings is 1. The maximum atomic E-state index is 5.34. The zero-order chi connectivity index (χ0) is 14.8. The Bertz CT molecular complexity index is 349. The van der Waals surface area contributed by atoms with Crippen LogP contribution in [0.15, 0.2) is 30.3 Å². The van der Waals surface area contributed by atoms with E-state index in [0.29, 0.717) is 0 Å². The quantitative estimate of drug-likeness (QED) is 0.373. The van der Waals surface area contributed by atoms with Gasteiger partial charge in [-0.1, -0.05) is 36.4 Å². The summed E-state index contributed by atoms with van der Waals surface area (Å²) in [4.78, 5) is 2.35. The van der Waals surface area contributed by atoms with Crippen LogP contribution in [-0.2, 0) is 20.8 Å². The molecule has 0 aliphatic heterocycles. The monoisotopic (exact) mass is 297 g/mol. The second kappa shape index (κ2) is 9.26. The lowest BCUT2D eigenvalue weighted by atomic mass is 10.2. The molecule has 1 aromatic rings. The molecule has 0 bridgehead atoms. The summed E-state index contributed by atoms with van der Waals surface area (Å²) in [7, 11) is 6.49. The van der Waals surface area contributed by atoms with Crippen molar-refractivity contribution in [1.29, 1.82) is 0 Å². The first kappa shape index (κ1) is 17.3. The molecule has 0 heterocycles. The lowest BCUT2D eigenvalue weighted by Crippen LogP contribution is -2.42. The third kappa shape index (κ3) is 5.72. The fourth-order valence-corrected chi connectivity index (χ4v) is 3.77. The van der Waals surface area contributed by atoms with Crippen molar-refractivity contribution < 1.29 is 14.2 Å². The summed E-state index contributed by atoms with van der Waals surface area (Å²) in [5.41, 5.74) is 0.602. The molecule has 0 amide bonds. The smallest absolute Gasteiger partial charge is 0.248 e. The molecule has 4 nitrogen and oxygen atoms in total. The Morgan fingerprint density at radius 2 is 1.65 bits per heavy atom. The van der Waals surface area contributed by atoms with Crippen LogP contribution in [0, 0.1) is 0 Å².